The minimum absolute atomic E-state index is 0.0343. The van der Waals surface area contributed by atoms with E-state index in [1.165, 1.54) is 5.56 Å². The standard InChI is InChI=1S/C20H28N2O4/c1-3-15-4-6-17(7-5-15)26-13-16(23)12-22-18(24)20(21-19(22)25)10-8-14(2)9-11-20/h4-7,14,16,23H,3,8-13H2,1-2H3,(H,21,25). The van der Waals surface area contributed by atoms with Crippen molar-refractivity contribution in [3.05, 3.63) is 29.8 Å². The third-order valence-corrected chi connectivity index (χ3v) is 5.54. The number of hydrogen-bond acceptors (Lipinski definition) is 4. The summed E-state index contributed by atoms with van der Waals surface area (Å²) in [5.41, 5.74) is 0.449. The number of aryl methyl sites for hydroxylation is 1. The van der Waals surface area contributed by atoms with Gasteiger partial charge in [0.1, 0.15) is 24.0 Å². The van der Waals surface area contributed by atoms with Gasteiger partial charge in [-0.1, -0.05) is 26.0 Å². The highest BCUT2D eigenvalue weighted by Gasteiger charge is 2.52. The van der Waals surface area contributed by atoms with Crippen molar-refractivity contribution in [3.63, 3.8) is 0 Å². The molecule has 1 aromatic rings. The molecule has 1 saturated carbocycles. The number of β-amino-alcohol motifs (C(OH)–C–C–N with tert-alkyl or cyclic N) is 1. The Bertz CT molecular complexity index is 650. The highest BCUT2D eigenvalue weighted by Crippen LogP contribution is 2.36. The van der Waals surface area contributed by atoms with Gasteiger partial charge in [0.2, 0.25) is 0 Å². The summed E-state index contributed by atoms with van der Waals surface area (Å²) < 4.78 is 5.58. The van der Waals surface area contributed by atoms with Crippen molar-refractivity contribution in [3.8, 4) is 5.75 Å². The van der Waals surface area contributed by atoms with E-state index in [1.54, 1.807) is 0 Å². The van der Waals surface area contributed by atoms with Gasteiger partial charge in [0.05, 0.1) is 6.54 Å². The van der Waals surface area contributed by atoms with Crippen LogP contribution in [0.3, 0.4) is 0 Å². The lowest BCUT2D eigenvalue weighted by Crippen LogP contribution is -2.49. The fraction of sp³-hybridized carbons (Fsp3) is 0.600. The van der Waals surface area contributed by atoms with Gasteiger partial charge < -0.3 is 15.2 Å². The van der Waals surface area contributed by atoms with Crippen molar-refractivity contribution in [1.82, 2.24) is 10.2 Å². The Hall–Kier alpha value is -2.08. The number of urea groups is 1. The molecule has 1 atom stereocenters. The largest absolute Gasteiger partial charge is 0.491 e. The van der Waals surface area contributed by atoms with Crippen molar-refractivity contribution >= 4 is 11.9 Å². The van der Waals surface area contributed by atoms with Crippen molar-refractivity contribution in [2.24, 2.45) is 5.92 Å². The van der Waals surface area contributed by atoms with Crippen LogP contribution in [0.25, 0.3) is 0 Å². The number of imide groups is 1. The molecule has 1 heterocycles. The number of benzene rings is 1. The summed E-state index contributed by atoms with van der Waals surface area (Å²) in [5, 5.41) is 13.1. The Balaban J connectivity index is 1.54. The first-order valence-electron chi connectivity index (χ1n) is 9.47. The van der Waals surface area contributed by atoms with E-state index in [9.17, 15) is 14.7 Å². The van der Waals surface area contributed by atoms with Crippen LogP contribution in [0.4, 0.5) is 4.79 Å². The number of aliphatic hydroxyl groups is 1. The van der Waals surface area contributed by atoms with Crippen molar-refractivity contribution in [2.45, 2.75) is 57.6 Å². The second-order valence-corrected chi connectivity index (χ2v) is 7.57. The lowest BCUT2D eigenvalue weighted by Gasteiger charge is -2.33. The maximum atomic E-state index is 12.8. The van der Waals surface area contributed by atoms with Gasteiger partial charge in [-0.3, -0.25) is 9.69 Å². The summed E-state index contributed by atoms with van der Waals surface area (Å²) in [7, 11) is 0. The van der Waals surface area contributed by atoms with Gasteiger partial charge in [0.25, 0.3) is 5.91 Å². The number of ether oxygens (including phenoxy) is 1. The van der Waals surface area contributed by atoms with Crippen LogP contribution in [0.1, 0.15) is 45.1 Å². The number of carbonyl (C=O) groups is 2. The van der Waals surface area contributed by atoms with Gasteiger partial charge >= 0.3 is 6.03 Å². The third kappa shape index (κ3) is 3.85. The van der Waals surface area contributed by atoms with E-state index in [4.69, 9.17) is 4.74 Å². The molecule has 3 amide bonds. The first-order valence-corrected chi connectivity index (χ1v) is 9.47. The number of amides is 3. The average Bonchev–Trinajstić information content (AvgIpc) is 2.87. The smallest absolute Gasteiger partial charge is 0.325 e. The maximum absolute atomic E-state index is 12.8. The van der Waals surface area contributed by atoms with Crippen molar-refractivity contribution in [2.75, 3.05) is 13.2 Å². The normalized spacial score (nSPS) is 26.9. The van der Waals surface area contributed by atoms with Gasteiger partial charge in [-0.15, -0.1) is 0 Å². The SMILES string of the molecule is CCc1ccc(OCC(O)CN2C(=O)NC3(CCC(C)CC3)C2=O)cc1. The molecule has 1 spiro atoms. The van der Waals surface area contributed by atoms with E-state index in [0.717, 1.165) is 24.2 Å². The molecule has 0 radical (unpaired) electrons. The Morgan fingerprint density at radius 3 is 2.54 bits per heavy atom. The van der Waals surface area contributed by atoms with Gasteiger partial charge in [0.15, 0.2) is 0 Å². The molecule has 2 aliphatic rings. The van der Waals surface area contributed by atoms with Crippen molar-refractivity contribution < 1.29 is 19.4 Å². The average molecular weight is 360 g/mol. The second kappa shape index (κ2) is 7.66. The number of aliphatic hydroxyl groups excluding tert-OH is 1. The van der Waals surface area contributed by atoms with E-state index in [2.05, 4.69) is 19.2 Å². The molecular formula is C20H28N2O4. The quantitative estimate of drug-likeness (QED) is 0.764. The number of hydrogen-bond donors (Lipinski definition) is 2. The maximum Gasteiger partial charge on any atom is 0.325 e. The second-order valence-electron chi connectivity index (χ2n) is 7.57. The monoisotopic (exact) mass is 360 g/mol. The first-order chi connectivity index (χ1) is 12.4. The molecule has 2 N–H and O–H groups in total. The van der Waals surface area contributed by atoms with E-state index in [-0.39, 0.29) is 19.1 Å². The zero-order valence-electron chi connectivity index (χ0n) is 15.5. The lowest BCUT2D eigenvalue weighted by molar-refractivity contribution is -0.133. The van der Waals surface area contributed by atoms with E-state index in [0.29, 0.717) is 24.5 Å². The number of nitrogens with zero attached hydrogens (tertiary/aromatic N) is 1. The Labute approximate surface area is 154 Å². The molecule has 0 aromatic heterocycles. The Morgan fingerprint density at radius 1 is 1.27 bits per heavy atom. The molecule has 1 unspecified atom stereocenters. The zero-order chi connectivity index (χ0) is 18.7. The van der Waals surface area contributed by atoms with E-state index in [1.807, 2.05) is 24.3 Å². The van der Waals surface area contributed by atoms with Crippen LogP contribution < -0.4 is 10.1 Å². The third-order valence-electron chi connectivity index (χ3n) is 5.54. The topological polar surface area (TPSA) is 78.9 Å². The van der Waals surface area contributed by atoms with Crippen LogP contribution in [-0.2, 0) is 11.2 Å². The van der Waals surface area contributed by atoms with E-state index >= 15 is 0 Å². The molecule has 6 heteroatoms. The molecular weight excluding hydrogens is 332 g/mol. The van der Waals surface area contributed by atoms with Crippen LogP contribution in [0, 0.1) is 5.92 Å². The van der Waals surface area contributed by atoms with Gasteiger partial charge in [-0.25, -0.2) is 4.79 Å². The van der Waals surface area contributed by atoms with Crippen LogP contribution >= 0.6 is 0 Å². The summed E-state index contributed by atoms with van der Waals surface area (Å²) in [6, 6.07) is 7.27. The summed E-state index contributed by atoms with van der Waals surface area (Å²) in [4.78, 5) is 26.2. The molecule has 3 rings (SSSR count). The molecule has 6 nitrogen and oxygen atoms in total. The molecule has 1 aliphatic carbocycles. The minimum atomic E-state index is -0.923. The lowest BCUT2D eigenvalue weighted by atomic mass is 9.77. The van der Waals surface area contributed by atoms with Crippen molar-refractivity contribution in [1.29, 1.82) is 0 Å². The first kappa shape index (κ1) is 18.7. The summed E-state index contributed by atoms with van der Waals surface area (Å²) >= 11 is 0. The fourth-order valence-corrected chi connectivity index (χ4v) is 3.71. The molecule has 142 valence electrons. The highest BCUT2D eigenvalue weighted by molar-refractivity contribution is 6.07. The van der Waals surface area contributed by atoms with Gasteiger partial charge in [-0.05, 0) is 55.7 Å². The summed E-state index contributed by atoms with van der Waals surface area (Å²) in [6.07, 6.45) is 3.24. The molecule has 1 saturated heterocycles. The van der Waals surface area contributed by atoms with Gasteiger partial charge in [-0.2, -0.15) is 0 Å². The molecule has 1 aliphatic heterocycles. The van der Waals surface area contributed by atoms with E-state index < -0.39 is 17.7 Å². The predicted molar refractivity (Wildman–Crippen MR) is 97.9 cm³/mol. The van der Waals surface area contributed by atoms with Crippen LogP contribution in [0.5, 0.6) is 5.75 Å². The molecule has 1 aromatic carbocycles. The zero-order valence-corrected chi connectivity index (χ0v) is 15.5. The van der Waals surface area contributed by atoms with Crippen LogP contribution in [0.2, 0.25) is 0 Å². The molecule has 26 heavy (non-hydrogen) atoms. The Morgan fingerprint density at radius 2 is 1.92 bits per heavy atom. The summed E-state index contributed by atoms with van der Waals surface area (Å²) in [5.74, 6) is 1.04. The Kier molecular flexibility index (Phi) is 5.51. The number of rotatable bonds is 6. The molecule has 0 bridgehead atoms. The predicted octanol–water partition coefficient (Wildman–Crippen LogP) is 2.49. The van der Waals surface area contributed by atoms with Gasteiger partial charge in [0, 0.05) is 0 Å². The minimum Gasteiger partial charge on any atom is -0.491 e. The molecule has 2 fully saturated rings. The van der Waals surface area contributed by atoms with Crippen LogP contribution in [-0.4, -0.2) is 46.7 Å². The van der Waals surface area contributed by atoms with Crippen LogP contribution in [0.15, 0.2) is 24.3 Å². The number of nitrogens with one attached hydrogen (secondary N) is 1. The highest BCUT2D eigenvalue weighted by atomic mass is 16.5. The fourth-order valence-electron chi connectivity index (χ4n) is 3.71. The summed E-state index contributed by atoms with van der Waals surface area (Å²) in [6.45, 7) is 4.24. The number of carbonyl (C=O) groups excluding carboxylic acids is 2.